The molecule has 5 rings (SSSR count). The van der Waals surface area contributed by atoms with Crippen LogP contribution in [0.3, 0.4) is 0 Å². The third-order valence-corrected chi connectivity index (χ3v) is 7.10. The van der Waals surface area contributed by atoms with Gasteiger partial charge in [0, 0.05) is 31.4 Å². The van der Waals surface area contributed by atoms with Crippen LogP contribution in [0.2, 0.25) is 0 Å². The molecular formula is C28H29N3O2. The van der Waals surface area contributed by atoms with Crippen LogP contribution in [0.5, 0.6) is 0 Å². The third-order valence-electron chi connectivity index (χ3n) is 7.10. The molecule has 0 unspecified atom stereocenters. The molecule has 0 aliphatic carbocycles. The van der Waals surface area contributed by atoms with Crippen LogP contribution in [0.15, 0.2) is 78.9 Å². The highest BCUT2D eigenvalue weighted by molar-refractivity contribution is 6.09. The van der Waals surface area contributed by atoms with Crippen molar-refractivity contribution in [1.29, 1.82) is 0 Å². The smallest absolute Gasteiger partial charge is 0.251 e. The summed E-state index contributed by atoms with van der Waals surface area (Å²) in [6.07, 6.45) is 1.54. The van der Waals surface area contributed by atoms with Crippen molar-refractivity contribution in [3.8, 4) is 0 Å². The Morgan fingerprint density at radius 3 is 2.21 bits per heavy atom. The average Bonchev–Trinajstić information content (AvgIpc) is 3.06. The van der Waals surface area contributed by atoms with Crippen molar-refractivity contribution in [2.75, 3.05) is 25.0 Å². The molecule has 5 heteroatoms. The Hall–Kier alpha value is -3.44. The number of likely N-dealkylation sites (tertiary alicyclic amines) is 1. The number of carbonyl (C=O) groups is 2. The quantitative estimate of drug-likeness (QED) is 0.651. The number of nitrogens with one attached hydrogen (secondary N) is 1. The van der Waals surface area contributed by atoms with Gasteiger partial charge in [-0.05, 0) is 60.8 Å². The molecule has 2 aliphatic heterocycles. The van der Waals surface area contributed by atoms with Gasteiger partial charge in [0.25, 0.3) is 5.91 Å². The SMILES string of the molecule is CN1C(=O)C2(CCN(Cc3ccccc3)CC2)c2cc(C(=O)NCc3ccccc3)ccc21. The van der Waals surface area contributed by atoms with Gasteiger partial charge in [-0.3, -0.25) is 14.5 Å². The first-order valence-electron chi connectivity index (χ1n) is 11.6. The number of anilines is 1. The van der Waals surface area contributed by atoms with Crippen molar-refractivity contribution in [1.82, 2.24) is 10.2 Å². The molecule has 0 radical (unpaired) electrons. The molecule has 2 heterocycles. The van der Waals surface area contributed by atoms with Gasteiger partial charge in [0.15, 0.2) is 0 Å². The number of hydrogen-bond acceptors (Lipinski definition) is 3. The third kappa shape index (κ3) is 4.05. The zero-order valence-electron chi connectivity index (χ0n) is 19.0. The largest absolute Gasteiger partial charge is 0.348 e. The van der Waals surface area contributed by atoms with Crippen LogP contribution in [0, 0.1) is 0 Å². The summed E-state index contributed by atoms with van der Waals surface area (Å²) >= 11 is 0. The molecule has 0 atom stereocenters. The van der Waals surface area contributed by atoms with E-state index in [0.717, 1.165) is 49.3 Å². The van der Waals surface area contributed by atoms with Gasteiger partial charge in [-0.1, -0.05) is 60.7 Å². The molecule has 2 amide bonds. The lowest BCUT2D eigenvalue weighted by molar-refractivity contribution is -0.124. The summed E-state index contributed by atoms with van der Waals surface area (Å²) in [5.74, 6) is 0.0408. The Labute approximate surface area is 195 Å². The van der Waals surface area contributed by atoms with Gasteiger partial charge >= 0.3 is 0 Å². The van der Waals surface area contributed by atoms with E-state index in [1.807, 2.05) is 61.6 Å². The molecule has 33 heavy (non-hydrogen) atoms. The number of carbonyl (C=O) groups excluding carboxylic acids is 2. The van der Waals surface area contributed by atoms with E-state index in [2.05, 4.69) is 34.5 Å². The summed E-state index contributed by atoms with van der Waals surface area (Å²) in [5.41, 5.74) is 4.36. The van der Waals surface area contributed by atoms with Gasteiger partial charge in [-0.25, -0.2) is 0 Å². The summed E-state index contributed by atoms with van der Waals surface area (Å²) < 4.78 is 0. The topological polar surface area (TPSA) is 52.7 Å². The first-order valence-corrected chi connectivity index (χ1v) is 11.6. The van der Waals surface area contributed by atoms with Gasteiger partial charge in [-0.15, -0.1) is 0 Å². The predicted molar refractivity (Wildman–Crippen MR) is 130 cm³/mol. The summed E-state index contributed by atoms with van der Waals surface area (Å²) in [7, 11) is 1.85. The average molecular weight is 440 g/mol. The minimum Gasteiger partial charge on any atom is -0.348 e. The molecule has 3 aromatic carbocycles. The fourth-order valence-corrected chi connectivity index (χ4v) is 5.20. The zero-order chi connectivity index (χ0) is 22.8. The summed E-state index contributed by atoms with van der Waals surface area (Å²) in [6.45, 7) is 3.10. The Balaban J connectivity index is 1.33. The molecule has 0 aromatic heterocycles. The summed E-state index contributed by atoms with van der Waals surface area (Å²) in [6, 6.07) is 26.0. The van der Waals surface area contributed by atoms with Crippen molar-refractivity contribution in [3.63, 3.8) is 0 Å². The number of nitrogens with zero attached hydrogens (tertiary/aromatic N) is 2. The van der Waals surface area contributed by atoms with Gasteiger partial charge in [0.2, 0.25) is 5.91 Å². The minimum atomic E-state index is -0.535. The minimum absolute atomic E-state index is 0.111. The van der Waals surface area contributed by atoms with Crippen LogP contribution in [0.4, 0.5) is 5.69 Å². The number of benzene rings is 3. The zero-order valence-corrected chi connectivity index (χ0v) is 19.0. The Morgan fingerprint density at radius 2 is 1.55 bits per heavy atom. The van der Waals surface area contributed by atoms with Crippen molar-refractivity contribution < 1.29 is 9.59 Å². The molecular weight excluding hydrogens is 410 g/mol. The van der Waals surface area contributed by atoms with E-state index in [-0.39, 0.29) is 11.8 Å². The first kappa shape index (κ1) is 21.4. The van der Waals surface area contributed by atoms with E-state index in [1.54, 1.807) is 4.90 Å². The maximum atomic E-state index is 13.4. The fraction of sp³-hybridized carbons (Fsp3) is 0.286. The second kappa shape index (κ2) is 8.83. The van der Waals surface area contributed by atoms with E-state index in [1.165, 1.54) is 5.56 Å². The molecule has 0 bridgehead atoms. The van der Waals surface area contributed by atoms with Crippen LogP contribution in [-0.2, 0) is 23.3 Å². The lowest BCUT2D eigenvalue weighted by Crippen LogP contribution is -2.47. The highest BCUT2D eigenvalue weighted by Crippen LogP contribution is 2.47. The number of hydrogen-bond donors (Lipinski definition) is 1. The van der Waals surface area contributed by atoms with E-state index < -0.39 is 5.41 Å². The van der Waals surface area contributed by atoms with Crippen molar-refractivity contribution in [2.45, 2.75) is 31.3 Å². The molecule has 1 N–H and O–H groups in total. The fourth-order valence-electron chi connectivity index (χ4n) is 5.20. The number of rotatable bonds is 5. The highest BCUT2D eigenvalue weighted by Gasteiger charge is 2.51. The molecule has 1 spiro atoms. The standard InChI is InChI=1S/C28H29N3O2/c1-30-25-13-12-23(26(32)29-19-21-8-4-2-5-9-21)18-24(25)28(27(30)33)14-16-31(17-15-28)20-22-10-6-3-7-11-22/h2-13,18H,14-17,19-20H2,1H3,(H,29,32). The number of piperidine rings is 1. The lowest BCUT2D eigenvalue weighted by Gasteiger charge is -2.38. The Bertz CT molecular complexity index is 1150. The van der Waals surface area contributed by atoms with Gasteiger partial charge < -0.3 is 10.2 Å². The molecule has 0 saturated carbocycles. The second-order valence-corrected chi connectivity index (χ2v) is 9.11. The Morgan fingerprint density at radius 1 is 0.909 bits per heavy atom. The maximum absolute atomic E-state index is 13.4. The highest BCUT2D eigenvalue weighted by atomic mass is 16.2. The van der Waals surface area contributed by atoms with Crippen LogP contribution in [-0.4, -0.2) is 36.9 Å². The van der Waals surface area contributed by atoms with E-state index in [0.29, 0.717) is 12.1 Å². The normalized spacial score (nSPS) is 17.2. The van der Waals surface area contributed by atoms with E-state index in [9.17, 15) is 9.59 Å². The Kier molecular flexibility index (Phi) is 5.73. The molecule has 1 saturated heterocycles. The van der Waals surface area contributed by atoms with Crippen LogP contribution >= 0.6 is 0 Å². The van der Waals surface area contributed by atoms with Crippen molar-refractivity contribution >= 4 is 17.5 Å². The summed E-state index contributed by atoms with van der Waals surface area (Å²) in [5, 5.41) is 3.01. The number of fused-ring (bicyclic) bond motifs is 2. The molecule has 1 fully saturated rings. The van der Waals surface area contributed by atoms with Crippen molar-refractivity contribution in [3.05, 3.63) is 101 Å². The predicted octanol–water partition coefficient (Wildman–Crippen LogP) is 4.13. The van der Waals surface area contributed by atoms with Crippen LogP contribution in [0.25, 0.3) is 0 Å². The molecule has 168 valence electrons. The monoisotopic (exact) mass is 439 g/mol. The van der Waals surface area contributed by atoms with E-state index >= 15 is 0 Å². The van der Waals surface area contributed by atoms with Gasteiger partial charge in [-0.2, -0.15) is 0 Å². The lowest BCUT2D eigenvalue weighted by atomic mass is 9.73. The maximum Gasteiger partial charge on any atom is 0.251 e. The number of amides is 2. The van der Waals surface area contributed by atoms with Gasteiger partial charge in [0.1, 0.15) is 0 Å². The van der Waals surface area contributed by atoms with Crippen LogP contribution in [0.1, 0.15) is 39.9 Å². The van der Waals surface area contributed by atoms with Gasteiger partial charge in [0.05, 0.1) is 5.41 Å². The molecule has 2 aliphatic rings. The van der Waals surface area contributed by atoms with E-state index in [4.69, 9.17) is 0 Å². The summed E-state index contributed by atoms with van der Waals surface area (Å²) in [4.78, 5) is 30.5. The first-order chi connectivity index (χ1) is 16.1. The van der Waals surface area contributed by atoms with Crippen molar-refractivity contribution in [2.24, 2.45) is 0 Å². The molecule has 5 nitrogen and oxygen atoms in total. The second-order valence-electron chi connectivity index (χ2n) is 9.11. The molecule has 3 aromatic rings. The van der Waals surface area contributed by atoms with Crippen LogP contribution < -0.4 is 10.2 Å². The number of likely N-dealkylation sites (N-methyl/N-ethyl adjacent to an activating group) is 1.